The van der Waals surface area contributed by atoms with E-state index in [1.807, 2.05) is 30.3 Å². The van der Waals surface area contributed by atoms with E-state index in [9.17, 15) is 14.4 Å². The summed E-state index contributed by atoms with van der Waals surface area (Å²) in [6.07, 6.45) is 1.60. The first kappa shape index (κ1) is 19.3. The van der Waals surface area contributed by atoms with E-state index in [0.29, 0.717) is 32.4 Å². The molecule has 0 aromatic heterocycles. The van der Waals surface area contributed by atoms with Gasteiger partial charge in [0.1, 0.15) is 6.61 Å². The van der Waals surface area contributed by atoms with Crippen LogP contribution in [0.1, 0.15) is 19.3 Å². The van der Waals surface area contributed by atoms with Crippen LogP contribution in [0.25, 0.3) is 0 Å². The summed E-state index contributed by atoms with van der Waals surface area (Å²) in [5.41, 5.74) is 0.777. The van der Waals surface area contributed by atoms with E-state index >= 15 is 0 Å². The van der Waals surface area contributed by atoms with Gasteiger partial charge in [0.25, 0.3) is 0 Å². The third-order valence-corrected chi connectivity index (χ3v) is 5.03. The molecule has 2 aliphatic heterocycles. The third kappa shape index (κ3) is 5.05. The molecule has 0 spiro atoms. The molecule has 2 saturated heterocycles. The maximum Gasteiger partial charge on any atom is 0.246 e. The Morgan fingerprint density at radius 3 is 2.78 bits per heavy atom. The highest BCUT2D eigenvalue weighted by molar-refractivity contribution is 5.90. The number of ether oxygens (including phenoxy) is 1. The fraction of sp³-hybridized carbons (Fsp3) is 0.526. The zero-order valence-electron chi connectivity index (χ0n) is 15.4. The minimum absolute atomic E-state index is 0.0104. The molecule has 0 unspecified atom stereocenters. The normalized spacial score (nSPS) is 24.8. The van der Waals surface area contributed by atoms with Crippen molar-refractivity contribution in [2.24, 2.45) is 0 Å². The highest BCUT2D eigenvalue weighted by Gasteiger charge is 2.43. The number of para-hydroxylation sites is 1. The molecule has 3 N–H and O–H groups in total. The number of carbonyl (C=O) groups is 3. The number of amides is 3. The fourth-order valence-electron chi connectivity index (χ4n) is 3.79. The topological polar surface area (TPSA) is 99.8 Å². The standard InChI is InChI=1S/C19H26N4O4/c1-27-12-18(25)22-14-9-16-19(26)20-10-15(23(16)11-14)7-8-17(24)21-13-5-3-2-4-6-13/h2-6,14-16H,7-12H2,1H3,(H,20,26)(H,21,24)(H,22,25)/t14-,15+,16-/m0/s1. The molecule has 2 heterocycles. The van der Waals surface area contributed by atoms with Gasteiger partial charge in [-0.2, -0.15) is 0 Å². The van der Waals surface area contributed by atoms with Crippen LogP contribution in [0.15, 0.2) is 30.3 Å². The molecule has 146 valence electrons. The number of carbonyl (C=O) groups excluding carboxylic acids is 3. The molecule has 2 aliphatic rings. The summed E-state index contributed by atoms with van der Waals surface area (Å²) in [5, 5.41) is 8.72. The predicted octanol–water partition coefficient (Wildman–Crippen LogP) is 0.109. The van der Waals surface area contributed by atoms with Crippen LogP contribution in [0.4, 0.5) is 5.69 Å². The maximum absolute atomic E-state index is 12.2. The number of benzene rings is 1. The zero-order chi connectivity index (χ0) is 19.2. The van der Waals surface area contributed by atoms with Gasteiger partial charge in [0, 0.05) is 44.4 Å². The van der Waals surface area contributed by atoms with Crippen LogP contribution in [0, 0.1) is 0 Å². The maximum atomic E-state index is 12.2. The van der Waals surface area contributed by atoms with Crippen LogP contribution in [0.2, 0.25) is 0 Å². The zero-order valence-corrected chi connectivity index (χ0v) is 15.4. The summed E-state index contributed by atoms with van der Waals surface area (Å²) in [6, 6.07) is 9.09. The van der Waals surface area contributed by atoms with Crippen molar-refractivity contribution >= 4 is 23.4 Å². The summed E-state index contributed by atoms with van der Waals surface area (Å²) in [7, 11) is 1.47. The first-order valence-corrected chi connectivity index (χ1v) is 9.23. The number of piperazine rings is 1. The first-order chi connectivity index (χ1) is 13.1. The molecule has 1 aromatic carbocycles. The Kier molecular flexibility index (Phi) is 6.41. The molecule has 1 aromatic rings. The van der Waals surface area contributed by atoms with Crippen molar-refractivity contribution in [1.29, 1.82) is 0 Å². The number of hydrogen-bond donors (Lipinski definition) is 3. The Balaban J connectivity index is 1.52. The molecular weight excluding hydrogens is 348 g/mol. The smallest absolute Gasteiger partial charge is 0.246 e. The fourth-order valence-corrected chi connectivity index (χ4v) is 3.79. The second-order valence-electron chi connectivity index (χ2n) is 7.00. The highest BCUT2D eigenvalue weighted by atomic mass is 16.5. The van der Waals surface area contributed by atoms with E-state index in [-0.39, 0.29) is 42.5 Å². The lowest BCUT2D eigenvalue weighted by molar-refractivity contribution is -0.129. The van der Waals surface area contributed by atoms with Crippen molar-refractivity contribution < 1.29 is 19.1 Å². The SMILES string of the molecule is COCC(=O)N[C@H]1C[C@H]2C(=O)NC[C@@H](CCC(=O)Nc3ccccc3)N2C1. The molecule has 0 saturated carbocycles. The first-order valence-electron chi connectivity index (χ1n) is 9.23. The summed E-state index contributed by atoms with van der Waals surface area (Å²) in [4.78, 5) is 38.3. The lowest BCUT2D eigenvalue weighted by atomic mass is 10.0. The Bertz CT molecular complexity index is 682. The van der Waals surface area contributed by atoms with Crippen molar-refractivity contribution in [3.63, 3.8) is 0 Å². The van der Waals surface area contributed by atoms with Crippen LogP contribution in [-0.2, 0) is 19.1 Å². The number of anilines is 1. The second-order valence-corrected chi connectivity index (χ2v) is 7.00. The van der Waals surface area contributed by atoms with E-state index < -0.39 is 0 Å². The van der Waals surface area contributed by atoms with Crippen molar-refractivity contribution in [2.45, 2.75) is 37.4 Å². The van der Waals surface area contributed by atoms with Gasteiger partial charge in [-0.3, -0.25) is 19.3 Å². The van der Waals surface area contributed by atoms with Crippen molar-refractivity contribution in [3.8, 4) is 0 Å². The highest BCUT2D eigenvalue weighted by Crippen LogP contribution is 2.26. The number of nitrogens with zero attached hydrogens (tertiary/aromatic N) is 1. The molecule has 27 heavy (non-hydrogen) atoms. The van der Waals surface area contributed by atoms with Gasteiger partial charge < -0.3 is 20.7 Å². The minimum Gasteiger partial charge on any atom is -0.375 e. The molecule has 8 nitrogen and oxygen atoms in total. The molecule has 0 aliphatic carbocycles. The lowest BCUT2D eigenvalue weighted by Gasteiger charge is -2.37. The summed E-state index contributed by atoms with van der Waals surface area (Å²) in [5.74, 6) is -0.233. The quantitative estimate of drug-likeness (QED) is 0.629. The van der Waals surface area contributed by atoms with E-state index in [4.69, 9.17) is 4.74 Å². The molecular formula is C19H26N4O4. The Morgan fingerprint density at radius 2 is 2.04 bits per heavy atom. The summed E-state index contributed by atoms with van der Waals surface area (Å²) < 4.78 is 4.84. The van der Waals surface area contributed by atoms with E-state index in [0.717, 1.165) is 5.69 Å². The number of nitrogens with one attached hydrogen (secondary N) is 3. The molecule has 3 amide bonds. The lowest BCUT2D eigenvalue weighted by Crippen LogP contribution is -2.58. The number of hydrogen-bond acceptors (Lipinski definition) is 5. The predicted molar refractivity (Wildman–Crippen MR) is 100 cm³/mol. The largest absolute Gasteiger partial charge is 0.375 e. The average Bonchev–Trinajstić information content (AvgIpc) is 3.07. The molecule has 0 radical (unpaired) electrons. The van der Waals surface area contributed by atoms with Gasteiger partial charge in [-0.05, 0) is 25.0 Å². The Hall–Kier alpha value is -2.45. The van der Waals surface area contributed by atoms with Crippen molar-refractivity contribution in [3.05, 3.63) is 30.3 Å². The monoisotopic (exact) mass is 374 g/mol. The van der Waals surface area contributed by atoms with Crippen LogP contribution >= 0.6 is 0 Å². The van der Waals surface area contributed by atoms with Crippen molar-refractivity contribution in [2.75, 3.05) is 32.1 Å². The van der Waals surface area contributed by atoms with Crippen LogP contribution < -0.4 is 16.0 Å². The Labute approximate surface area is 158 Å². The van der Waals surface area contributed by atoms with Crippen LogP contribution in [0.3, 0.4) is 0 Å². The average molecular weight is 374 g/mol. The van der Waals surface area contributed by atoms with Gasteiger partial charge in [0.2, 0.25) is 17.7 Å². The number of rotatable bonds is 7. The van der Waals surface area contributed by atoms with Gasteiger partial charge in [-0.25, -0.2) is 0 Å². The molecule has 8 heteroatoms. The number of fused-ring (bicyclic) bond motifs is 1. The van der Waals surface area contributed by atoms with Gasteiger partial charge in [0.05, 0.1) is 6.04 Å². The van der Waals surface area contributed by atoms with E-state index in [1.54, 1.807) is 0 Å². The van der Waals surface area contributed by atoms with Crippen molar-refractivity contribution in [1.82, 2.24) is 15.5 Å². The summed E-state index contributed by atoms with van der Waals surface area (Å²) in [6.45, 7) is 1.14. The minimum atomic E-state index is -0.256. The van der Waals surface area contributed by atoms with Crippen LogP contribution in [0.5, 0.6) is 0 Å². The second kappa shape index (κ2) is 8.96. The van der Waals surface area contributed by atoms with Gasteiger partial charge in [-0.15, -0.1) is 0 Å². The van der Waals surface area contributed by atoms with Gasteiger partial charge in [-0.1, -0.05) is 18.2 Å². The molecule has 0 bridgehead atoms. The van der Waals surface area contributed by atoms with Gasteiger partial charge >= 0.3 is 0 Å². The van der Waals surface area contributed by atoms with E-state index in [2.05, 4.69) is 20.9 Å². The summed E-state index contributed by atoms with van der Waals surface area (Å²) >= 11 is 0. The molecule has 2 fully saturated rings. The molecule has 3 atom stereocenters. The Morgan fingerprint density at radius 1 is 1.26 bits per heavy atom. The number of methoxy groups -OCH3 is 1. The van der Waals surface area contributed by atoms with Crippen LogP contribution in [-0.4, -0.2) is 67.6 Å². The van der Waals surface area contributed by atoms with E-state index in [1.165, 1.54) is 7.11 Å². The van der Waals surface area contributed by atoms with Gasteiger partial charge in [0.15, 0.2) is 0 Å². The third-order valence-electron chi connectivity index (χ3n) is 5.03. The molecule has 3 rings (SSSR count).